The number of hydrogen-bond acceptors (Lipinski definition) is 8. The van der Waals surface area contributed by atoms with Crippen molar-refractivity contribution in [3.05, 3.63) is 18.2 Å². The van der Waals surface area contributed by atoms with Crippen LogP contribution in [0.15, 0.2) is 12.5 Å². The van der Waals surface area contributed by atoms with Crippen LogP contribution in [0.25, 0.3) is 0 Å². The van der Waals surface area contributed by atoms with E-state index in [1.807, 2.05) is 13.2 Å². The number of H-pyrrole nitrogens is 1. The van der Waals surface area contributed by atoms with Gasteiger partial charge in [-0.05, 0) is 31.3 Å². The van der Waals surface area contributed by atoms with E-state index >= 15 is 0 Å². The number of aromatic amines is 1. The number of carboxylic acid groups (broad SMARTS) is 1. The van der Waals surface area contributed by atoms with Gasteiger partial charge in [0.2, 0.25) is 17.7 Å². The molecule has 0 saturated heterocycles. The fraction of sp³-hybridized carbons (Fsp3) is 0.667. The molecule has 12 nitrogen and oxygen atoms in total. The number of amides is 3. The smallest absolute Gasteiger partial charge is 0.326 e. The largest absolute Gasteiger partial charge is 0.480 e. The van der Waals surface area contributed by atoms with Crippen molar-refractivity contribution in [2.45, 2.75) is 70.3 Å². The van der Waals surface area contributed by atoms with Crippen LogP contribution >= 0.6 is 11.8 Å². The van der Waals surface area contributed by atoms with Gasteiger partial charge in [0.25, 0.3) is 0 Å². The Balaban J connectivity index is 3.08. The van der Waals surface area contributed by atoms with Gasteiger partial charge in [-0.25, -0.2) is 9.78 Å². The average Bonchev–Trinajstić information content (AvgIpc) is 3.31. The van der Waals surface area contributed by atoms with E-state index in [1.54, 1.807) is 6.92 Å². The number of nitrogens with zero attached hydrogens (tertiary/aromatic N) is 1. The molecule has 1 heterocycles. The Bertz CT molecular complexity index is 806. The summed E-state index contributed by atoms with van der Waals surface area (Å²) in [6.07, 6.45) is 4.41. The van der Waals surface area contributed by atoms with Gasteiger partial charge in [-0.1, -0.05) is 20.3 Å². The van der Waals surface area contributed by atoms with Crippen molar-refractivity contribution in [3.8, 4) is 0 Å². The predicted octanol–water partition coefficient (Wildman–Crippen LogP) is -1.00. The minimum Gasteiger partial charge on any atom is -0.480 e. The zero-order valence-corrected chi connectivity index (χ0v) is 20.7. The van der Waals surface area contributed by atoms with Crippen molar-refractivity contribution in [1.82, 2.24) is 25.9 Å². The lowest BCUT2D eigenvalue weighted by Crippen LogP contribution is -2.60. The van der Waals surface area contributed by atoms with Gasteiger partial charge in [0.15, 0.2) is 0 Å². The standard InChI is InChI=1S/C21H36N6O6S/c1-5-11(2)17(27-19(30)16(22)12(3)28)20(31)26-15(8-13-9-23-10-24-13)18(29)25-14(21(32)33)6-7-34-4/h9-12,14-17,28H,5-8,22H2,1-4H3,(H,23,24)(H,25,29)(H,26,31)(H,27,30)(H,32,33). The second-order valence-electron chi connectivity index (χ2n) is 8.16. The van der Waals surface area contributed by atoms with Crippen LogP contribution in [0.3, 0.4) is 0 Å². The number of aliphatic carboxylic acids is 1. The van der Waals surface area contributed by atoms with E-state index in [0.29, 0.717) is 17.9 Å². The number of aliphatic hydroxyl groups is 1. The third kappa shape index (κ3) is 9.31. The predicted molar refractivity (Wildman–Crippen MR) is 128 cm³/mol. The van der Waals surface area contributed by atoms with Gasteiger partial charge in [0, 0.05) is 18.3 Å². The maximum atomic E-state index is 13.2. The van der Waals surface area contributed by atoms with E-state index in [-0.39, 0.29) is 18.8 Å². The molecule has 0 bridgehead atoms. The first kappa shape index (κ1) is 29.4. The molecule has 0 aliphatic rings. The topological polar surface area (TPSA) is 200 Å². The Morgan fingerprint density at radius 3 is 2.26 bits per heavy atom. The molecule has 0 aliphatic carbocycles. The first-order chi connectivity index (χ1) is 16.0. The number of nitrogens with one attached hydrogen (secondary N) is 4. The molecule has 34 heavy (non-hydrogen) atoms. The summed E-state index contributed by atoms with van der Waals surface area (Å²) in [5.74, 6) is -2.96. The van der Waals surface area contributed by atoms with E-state index < -0.39 is 54.0 Å². The fourth-order valence-electron chi connectivity index (χ4n) is 3.02. The normalized spacial score (nSPS) is 16.4. The third-order valence-corrected chi connectivity index (χ3v) is 6.10. The molecule has 6 unspecified atom stereocenters. The van der Waals surface area contributed by atoms with Gasteiger partial charge >= 0.3 is 5.97 Å². The quantitative estimate of drug-likeness (QED) is 0.158. The van der Waals surface area contributed by atoms with Crippen molar-refractivity contribution in [3.63, 3.8) is 0 Å². The molecule has 0 saturated carbocycles. The van der Waals surface area contributed by atoms with Gasteiger partial charge < -0.3 is 36.9 Å². The Labute approximate surface area is 203 Å². The molecule has 8 N–H and O–H groups in total. The van der Waals surface area contributed by atoms with Crippen LogP contribution in [0, 0.1) is 5.92 Å². The van der Waals surface area contributed by atoms with Crippen molar-refractivity contribution >= 4 is 35.5 Å². The molecular formula is C21H36N6O6S. The van der Waals surface area contributed by atoms with Crippen LogP contribution in [-0.4, -0.2) is 86.2 Å². The second kappa shape index (κ2) is 14.6. The summed E-state index contributed by atoms with van der Waals surface area (Å²) in [6.45, 7) is 4.96. The highest BCUT2D eigenvalue weighted by molar-refractivity contribution is 7.98. The van der Waals surface area contributed by atoms with Crippen LogP contribution in [0.2, 0.25) is 0 Å². The zero-order valence-electron chi connectivity index (χ0n) is 19.9. The zero-order chi connectivity index (χ0) is 25.8. The maximum absolute atomic E-state index is 13.2. The number of nitrogens with two attached hydrogens (primary N) is 1. The minimum absolute atomic E-state index is 0.0286. The summed E-state index contributed by atoms with van der Waals surface area (Å²) in [5.41, 5.74) is 6.24. The SMILES string of the molecule is CCC(C)C(NC(=O)C(N)C(C)O)C(=O)NC(Cc1cnc[nH]1)C(=O)NC(CCSC)C(=O)O. The highest BCUT2D eigenvalue weighted by Gasteiger charge is 2.33. The Morgan fingerprint density at radius 1 is 1.12 bits per heavy atom. The summed E-state index contributed by atoms with van der Waals surface area (Å²) in [5, 5.41) is 26.7. The molecule has 0 aliphatic heterocycles. The lowest BCUT2D eigenvalue weighted by molar-refractivity contribution is -0.142. The van der Waals surface area contributed by atoms with Gasteiger partial charge in [0.1, 0.15) is 24.2 Å². The summed E-state index contributed by atoms with van der Waals surface area (Å²) < 4.78 is 0. The first-order valence-corrected chi connectivity index (χ1v) is 12.4. The summed E-state index contributed by atoms with van der Waals surface area (Å²) >= 11 is 1.45. The Kier molecular flexibility index (Phi) is 12.6. The molecule has 1 aromatic rings. The monoisotopic (exact) mass is 500 g/mol. The van der Waals surface area contributed by atoms with E-state index in [9.17, 15) is 29.4 Å². The molecular weight excluding hydrogens is 464 g/mol. The van der Waals surface area contributed by atoms with Gasteiger partial charge in [-0.2, -0.15) is 11.8 Å². The summed E-state index contributed by atoms with van der Waals surface area (Å²) in [6, 6.07) is -4.49. The molecule has 0 spiro atoms. The second-order valence-corrected chi connectivity index (χ2v) is 9.15. The highest BCUT2D eigenvalue weighted by Crippen LogP contribution is 2.10. The molecule has 1 aromatic heterocycles. The number of imidazole rings is 1. The van der Waals surface area contributed by atoms with E-state index in [0.717, 1.165) is 0 Å². The molecule has 0 fully saturated rings. The fourth-order valence-corrected chi connectivity index (χ4v) is 3.49. The molecule has 1 rings (SSSR count). The van der Waals surface area contributed by atoms with E-state index in [1.165, 1.54) is 31.2 Å². The Morgan fingerprint density at radius 2 is 1.76 bits per heavy atom. The number of carbonyl (C=O) groups excluding carboxylic acids is 3. The maximum Gasteiger partial charge on any atom is 0.326 e. The van der Waals surface area contributed by atoms with Gasteiger partial charge in [-0.15, -0.1) is 0 Å². The lowest BCUT2D eigenvalue weighted by Gasteiger charge is -2.28. The number of rotatable bonds is 15. The van der Waals surface area contributed by atoms with Crippen molar-refractivity contribution in [2.75, 3.05) is 12.0 Å². The number of aliphatic hydroxyl groups excluding tert-OH is 1. The van der Waals surface area contributed by atoms with Gasteiger partial charge in [-0.3, -0.25) is 14.4 Å². The molecule has 3 amide bonds. The summed E-state index contributed by atoms with van der Waals surface area (Å²) in [7, 11) is 0. The molecule has 0 radical (unpaired) electrons. The van der Waals surface area contributed by atoms with E-state index in [4.69, 9.17) is 5.73 Å². The van der Waals surface area contributed by atoms with Gasteiger partial charge in [0.05, 0.1) is 12.4 Å². The third-order valence-electron chi connectivity index (χ3n) is 5.45. The van der Waals surface area contributed by atoms with Crippen molar-refractivity contribution in [2.24, 2.45) is 11.7 Å². The lowest BCUT2D eigenvalue weighted by atomic mass is 9.97. The number of carbonyl (C=O) groups is 4. The number of thioether (sulfide) groups is 1. The van der Waals surface area contributed by atoms with Crippen LogP contribution < -0.4 is 21.7 Å². The molecule has 0 aromatic carbocycles. The van der Waals surface area contributed by atoms with Crippen molar-refractivity contribution in [1.29, 1.82) is 0 Å². The van der Waals surface area contributed by atoms with Crippen LogP contribution in [0.4, 0.5) is 0 Å². The van der Waals surface area contributed by atoms with Crippen molar-refractivity contribution < 1.29 is 29.4 Å². The summed E-state index contributed by atoms with van der Waals surface area (Å²) in [4.78, 5) is 56.9. The number of carboxylic acids is 1. The number of aromatic nitrogens is 2. The molecule has 6 atom stereocenters. The highest BCUT2D eigenvalue weighted by atomic mass is 32.2. The molecule has 192 valence electrons. The number of hydrogen-bond donors (Lipinski definition) is 7. The van der Waals surface area contributed by atoms with E-state index in [2.05, 4.69) is 25.9 Å². The van der Waals surface area contributed by atoms with Crippen LogP contribution in [0.1, 0.15) is 39.3 Å². The Hall–Kier alpha value is -2.64. The van der Waals surface area contributed by atoms with Crippen LogP contribution in [-0.2, 0) is 25.6 Å². The first-order valence-electron chi connectivity index (χ1n) is 11.0. The molecule has 13 heteroatoms. The minimum atomic E-state index is -1.23. The van der Waals surface area contributed by atoms with Crippen LogP contribution in [0.5, 0.6) is 0 Å². The average molecular weight is 501 g/mol.